The molecule has 1 N–H and O–H groups in total. The van der Waals surface area contributed by atoms with Crippen LogP contribution in [0.2, 0.25) is 0 Å². The molecule has 1 aliphatic carbocycles. The van der Waals surface area contributed by atoms with Gasteiger partial charge in [0, 0.05) is 12.6 Å². The molecule has 1 fully saturated rings. The summed E-state index contributed by atoms with van der Waals surface area (Å²) >= 11 is 0. The highest BCUT2D eigenvalue weighted by Crippen LogP contribution is 2.27. The summed E-state index contributed by atoms with van der Waals surface area (Å²) in [7, 11) is 0. The van der Waals surface area contributed by atoms with Crippen molar-refractivity contribution in [2.24, 2.45) is 5.92 Å². The molecule has 0 saturated heterocycles. The summed E-state index contributed by atoms with van der Waals surface area (Å²) in [6, 6.07) is 11.3. The first-order valence-corrected chi connectivity index (χ1v) is 7.83. The third-order valence-electron chi connectivity index (χ3n) is 4.18. The van der Waals surface area contributed by atoms with E-state index in [4.69, 9.17) is 0 Å². The maximum absolute atomic E-state index is 3.67. The number of hydrogen-bond acceptors (Lipinski definition) is 1. The standard InChI is InChI=1S/C18H27N/c1-2-7-16-11-13-18(14-12-16)19-15-6-10-17-8-4-3-5-9-17/h3-6,8-10,16,18-19H,2,7,11-15H2,1H3. The van der Waals surface area contributed by atoms with E-state index in [9.17, 15) is 0 Å². The van der Waals surface area contributed by atoms with Gasteiger partial charge in [0.25, 0.3) is 0 Å². The van der Waals surface area contributed by atoms with Crippen LogP contribution in [0.5, 0.6) is 0 Å². The molecule has 1 aliphatic rings. The van der Waals surface area contributed by atoms with Gasteiger partial charge >= 0.3 is 0 Å². The molecule has 0 radical (unpaired) electrons. The summed E-state index contributed by atoms with van der Waals surface area (Å²) in [6.07, 6.45) is 12.8. The van der Waals surface area contributed by atoms with Crippen LogP contribution in [0.4, 0.5) is 0 Å². The Hall–Kier alpha value is -1.08. The Morgan fingerprint density at radius 3 is 2.53 bits per heavy atom. The molecule has 19 heavy (non-hydrogen) atoms. The molecule has 0 aliphatic heterocycles. The van der Waals surface area contributed by atoms with Crippen LogP contribution < -0.4 is 5.32 Å². The minimum absolute atomic E-state index is 0.744. The van der Waals surface area contributed by atoms with Crippen LogP contribution in [0.3, 0.4) is 0 Å². The molecule has 1 aromatic rings. The van der Waals surface area contributed by atoms with E-state index in [1.165, 1.54) is 44.1 Å². The molecule has 0 unspecified atom stereocenters. The average molecular weight is 257 g/mol. The second-order valence-corrected chi connectivity index (χ2v) is 5.73. The molecule has 0 atom stereocenters. The van der Waals surface area contributed by atoms with Gasteiger partial charge in [-0.2, -0.15) is 0 Å². The Morgan fingerprint density at radius 1 is 1.11 bits per heavy atom. The maximum Gasteiger partial charge on any atom is 0.0140 e. The second-order valence-electron chi connectivity index (χ2n) is 5.73. The van der Waals surface area contributed by atoms with Crippen molar-refractivity contribution >= 4 is 6.08 Å². The first-order chi connectivity index (χ1) is 9.38. The van der Waals surface area contributed by atoms with E-state index in [0.717, 1.165) is 18.5 Å². The first kappa shape index (κ1) is 14.3. The van der Waals surface area contributed by atoms with E-state index in [1.54, 1.807) is 0 Å². The van der Waals surface area contributed by atoms with Crippen LogP contribution in [0, 0.1) is 5.92 Å². The zero-order valence-corrected chi connectivity index (χ0v) is 12.1. The lowest BCUT2D eigenvalue weighted by molar-refractivity contribution is 0.283. The van der Waals surface area contributed by atoms with Gasteiger partial charge in [0.2, 0.25) is 0 Å². The van der Waals surface area contributed by atoms with Crippen molar-refractivity contribution in [1.82, 2.24) is 5.32 Å². The van der Waals surface area contributed by atoms with Crippen LogP contribution in [0.25, 0.3) is 6.08 Å². The first-order valence-electron chi connectivity index (χ1n) is 7.83. The predicted octanol–water partition coefficient (Wildman–Crippen LogP) is 4.65. The molecule has 0 amide bonds. The minimum atomic E-state index is 0.744. The molecule has 0 bridgehead atoms. The van der Waals surface area contributed by atoms with Crippen molar-refractivity contribution in [3.63, 3.8) is 0 Å². The Kier molecular flexibility index (Phi) is 6.16. The predicted molar refractivity (Wildman–Crippen MR) is 84.1 cm³/mol. The monoisotopic (exact) mass is 257 g/mol. The summed E-state index contributed by atoms with van der Waals surface area (Å²) in [5.41, 5.74) is 1.29. The zero-order valence-electron chi connectivity index (χ0n) is 12.1. The highest BCUT2D eigenvalue weighted by atomic mass is 14.9. The summed E-state index contributed by atoms with van der Waals surface area (Å²) in [5.74, 6) is 1.00. The molecule has 1 nitrogen and oxygen atoms in total. The van der Waals surface area contributed by atoms with Crippen LogP contribution in [-0.4, -0.2) is 12.6 Å². The Balaban J connectivity index is 1.63. The van der Waals surface area contributed by atoms with Crippen LogP contribution in [0.1, 0.15) is 51.0 Å². The smallest absolute Gasteiger partial charge is 0.0140 e. The quantitative estimate of drug-likeness (QED) is 0.782. The van der Waals surface area contributed by atoms with Gasteiger partial charge in [-0.3, -0.25) is 0 Å². The Morgan fingerprint density at radius 2 is 1.84 bits per heavy atom. The number of benzene rings is 1. The van der Waals surface area contributed by atoms with Crippen molar-refractivity contribution in [3.05, 3.63) is 42.0 Å². The highest BCUT2D eigenvalue weighted by molar-refractivity contribution is 5.48. The third-order valence-corrected chi connectivity index (χ3v) is 4.18. The van der Waals surface area contributed by atoms with Crippen molar-refractivity contribution in [3.8, 4) is 0 Å². The van der Waals surface area contributed by atoms with Crippen LogP contribution in [-0.2, 0) is 0 Å². The molecular weight excluding hydrogens is 230 g/mol. The lowest BCUT2D eigenvalue weighted by Crippen LogP contribution is -2.33. The van der Waals surface area contributed by atoms with Gasteiger partial charge in [-0.1, -0.05) is 62.2 Å². The second kappa shape index (κ2) is 8.16. The van der Waals surface area contributed by atoms with Crippen molar-refractivity contribution in [2.45, 2.75) is 51.5 Å². The SMILES string of the molecule is CCCC1CCC(NCC=Cc2ccccc2)CC1. The fourth-order valence-electron chi connectivity index (χ4n) is 3.06. The largest absolute Gasteiger partial charge is 0.311 e. The zero-order chi connectivity index (χ0) is 13.3. The third kappa shape index (κ3) is 5.20. The van der Waals surface area contributed by atoms with E-state index >= 15 is 0 Å². The van der Waals surface area contributed by atoms with Crippen molar-refractivity contribution in [2.75, 3.05) is 6.54 Å². The van der Waals surface area contributed by atoms with Gasteiger partial charge < -0.3 is 5.32 Å². The van der Waals surface area contributed by atoms with Gasteiger partial charge in [0.05, 0.1) is 0 Å². The van der Waals surface area contributed by atoms with E-state index in [1.807, 2.05) is 0 Å². The number of rotatable bonds is 6. The molecule has 1 aromatic carbocycles. The van der Waals surface area contributed by atoms with Gasteiger partial charge in [-0.05, 0) is 37.2 Å². The molecular formula is C18H27N. The van der Waals surface area contributed by atoms with Gasteiger partial charge in [-0.15, -0.1) is 0 Å². The molecule has 104 valence electrons. The molecule has 0 aromatic heterocycles. The molecule has 2 rings (SSSR count). The number of hydrogen-bond donors (Lipinski definition) is 1. The normalized spacial score (nSPS) is 23.8. The molecule has 0 heterocycles. The Bertz CT molecular complexity index is 361. The lowest BCUT2D eigenvalue weighted by Gasteiger charge is -2.28. The number of nitrogens with one attached hydrogen (secondary N) is 1. The molecule has 1 saturated carbocycles. The summed E-state index contributed by atoms with van der Waals surface area (Å²) in [4.78, 5) is 0. The van der Waals surface area contributed by atoms with Crippen molar-refractivity contribution in [1.29, 1.82) is 0 Å². The van der Waals surface area contributed by atoms with E-state index in [2.05, 4.69) is 54.7 Å². The van der Waals surface area contributed by atoms with Crippen LogP contribution in [0.15, 0.2) is 36.4 Å². The van der Waals surface area contributed by atoms with Gasteiger partial charge in [0.1, 0.15) is 0 Å². The lowest BCUT2D eigenvalue weighted by atomic mass is 9.83. The highest BCUT2D eigenvalue weighted by Gasteiger charge is 2.19. The average Bonchev–Trinajstić information content (AvgIpc) is 2.47. The fourth-order valence-corrected chi connectivity index (χ4v) is 3.06. The maximum atomic E-state index is 3.67. The van der Waals surface area contributed by atoms with Crippen LogP contribution >= 0.6 is 0 Å². The minimum Gasteiger partial charge on any atom is -0.311 e. The summed E-state index contributed by atoms with van der Waals surface area (Å²) in [5, 5.41) is 3.67. The topological polar surface area (TPSA) is 12.0 Å². The Labute approximate surface area is 118 Å². The van der Waals surface area contributed by atoms with Crippen molar-refractivity contribution < 1.29 is 0 Å². The van der Waals surface area contributed by atoms with Gasteiger partial charge in [0.15, 0.2) is 0 Å². The molecule has 0 spiro atoms. The fraction of sp³-hybridized carbons (Fsp3) is 0.556. The summed E-state index contributed by atoms with van der Waals surface area (Å²) < 4.78 is 0. The summed E-state index contributed by atoms with van der Waals surface area (Å²) in [6.45, 7) is 3.30. The molecule has 1 heteroatoms. The van der Waals surface area contributed by atoms with E-state index in [0.29, 0.717) is 0 Å². The van der Waals surface area contributed by atoms with Gasteiger partial charge in [-0.25, -0.2) is 0 Å². The van der Waals surface area contributed by atoms with E-state index in [-0.39, 0.29) is 0 Å². The van der Waals surface area contributed by atoms with E-state index < -0.39 is 0 Å².